The number of carbonyl (C=O) groups excluding carboxylic acids is 1. The summed E-state index contributed by atoms with van der Waals surface area (Å²) in [5.74, 6) is -0.273. The molecule has 252 valence electrons. The Morgan fingerprint density at radius 3 is 2.44 bits per heavy atom. The molecule has 0 saturated carbocycles. The van der Waals surface area contributed by atoms with E-state index in [4.69, 9.17) is 16.3 Å². The summed E-state index contributed by atoms with van der Waals surface area (Å²) in [6.07, 6.45) is 1.83. The summed E-state index contributed by atoms with van der Waals surface area (Å²) < 4.78 is 24.0. The zero-order valence-electron chi connectivity index (χ0n) is 27.3. The second kappa shape index (κ2) is 13.4. The van der Waals surface area contributed by atoms with Crippen LogP contribution in [-0.4, -0.2) is 59.7 Å². The molecule has 1 amide bonds. The van der Waals surface area contributed by atoms with Crippen LogP contribution < -0.4 is 10.9 Å². The molecule has 0 unspecified atom stereocenters. The van der Waals surface area contributed by atoms with Gasteiger partial charge in [-0.1, -0.05) is 48.0 Å². The quantitative estimate of drug-likeness (QED) is 0.194. The van der Waals surface area contributed by atoms with Crippen molar-refractivity contribution in [2.75, 3.05) is 13.1 Å². The Hall–Kier alpha value is -4.10. The number of nitrogens with zero attached hydrogens (tertiary/aromatic N) is 5. The molecular formula is C35H38ClFN6O4S. The number of piperidine rings is 1. The summed E-state index contributed by atoms with van der Waals surface area (Å²) in [4.78, 5) is 33.2. The highest BCUT2D eigenvalue weighted by atomic mass is 35.5. The second-order valence-electron chi connectivity index (χ2n) is 13.3. The summed E-state index contributed by atoms with van der Waals surface area (Å²) in [5, 5.41) is 18.7. The lowest BCUT2D eigenvalue weighted by Gasteiger charge is -2.38. The maximum absolute atomic E-state index is 15.0. The van der Waals surface area contributed by atoms with Gasteiger partial charge in [-0.3, -0.25) is 18.9 Å². The summed E-state index contributed by atoms with van der Waals surface area (Å²) in [5.41, 5.74) is 2.44. The van der Waals surface area contributed by atoms with E-state index in [0.717, 1.165) is 21.6 Å². The number of aryl methyl sites for hydroxylation is 1. The molecule has 1 fully saturated rings. The minimum Gasteiger partial charge on any atom is -0.444 e. The van der Waals surface area contributed by atoms with E-state index in [1.807, 2.05) is 57.2 Å². The largest absolute Gasteiger partial charge is 0.444 e. The van der Waals surface area contributed by atoms with Crippen molar-refractivity contribution in [1.82, 2.24) is 29.5 Å². The number of fused-ring (bicyclic) bond motifs is 1. The van der Waals surface area contributed by atoms with E-state index >= 15 is 0 Å². The van der Waals surface area contributed by atoms with Crippen LogP contribution in [0, 0.1) is 5.82 Å². The number of halogens is 2. The molecule has 0 aliphatic carbocycles. The van der Waals surface area contributed by atoms with Crippen molar-refractivity contribution >= 4 is 40.1 Å². The smallest absolute Gasteiger partial charge is 0.407 e. The first-order valence-corrected chi connectivity index (χ1v) is 16.9. The van der Waals surface area contributed by atoms with Gasteiger partial charge in [-0.15, -0.1) is 11.3 Å². The molecular weight excluding hydrogens is 655 g/mol. The number of hydrogen-bond donors (Lipinski definition) is 2. The summed E-state index contributed by atoms with van der Waals surface area (Å²) >= 11 is 7.45. The van der Waals surface area contributed by atoms with Crippen LogP contribution in [0.25, 0.3) is 32.7 Å². The Balaban J connectivity index is 1.09. The first-order chi connectivity index (χ1) is 22.8. The number of rotatable bonds is 8. The molecule has 0 spiro atoms. The van der Waals surface area contributed by atoms with Crippen molar-refractivity contribution in [2.24, 2.45) is 7.05 Å². The van der Waals surface area contributed by atoms with Crippen LogP contribution in [0.3, 0.4) is 0 Å². The number of aliphatic hydroxyl groups is 1. The number of aromatic nitrogens is 4. The minimum atomic E-state index is -1.11. The first kappa shape index (κ1) is 33.8. The lowest BCUT2D eigenvalue weighted by molar-refractivity contribution is -0.0366. The van der Waals surface area contributed by atoms with Gasteiger partial charge in [0.05, 0.1) is 28.5 Å². The van der Waals surface area contributed by atoms with E-state index in [1.165, 1.54) is 28.3 Å². The van der Waals surface area contributed by atoms with E-state index in [-0.39, 0.29) is 23.4 Å². The molecule has 3 aromatic heterocycles. The fourth-order valence-electron chi connectivity index (χ4n) is 5.94. The summed E-state index contributed by atoms with van der Waals surface area (Å²) in [6, 6.07) is 16.5. The predicted molar refractivity (Wildman–Crippen MR) is 185 cm³/mol. The monoisotopic (exact) mass is 692 g/mol. The molecule has 1 aliphatic rings. The molecule has 2 aromatic carbocycles. The van der Waals surface area contributed by atoms with Gasteiger partial charge in [0.2, 0.25) is 0 Å². The van der Waals surface area contributed by atoms with E-state index in [1.54, 1.807) is 23.9 Å². The van der Waals surface area contributed by atoms with Crippen molar-refractivity contribution in [1.29, 1.82) is 0 Å². The third-order valence-electron chi connectivity index (χ3n) is 8.43. The normalized spacial score (nSPS) is 15.1. The first-order valence-electron chi connectivity index (χ1n) is 15.7. The molecule has 6 rings (SSSR count). The van der Waals surface area contributed by atoms with Crippen LogP contribution in [0.15, 0.2) is 65.7 Å². The molecule has 0 atom stereocenters. The van der Waals surface area contributed by atoms with E-state index < -0.39 is 17.3 Å². The number of hydrogen-bond acceptors (Lipinski definition) is 8. The Morgan fingerprint density at radius 1 is 1.08 bits per heavy atom. The zero-order valence-corrected chi connectivity index (χ0v) is 28.9. The molecule has 13 heteroatoms. The molecule has 2 N–H and O–H groups in total. The van der Waals surface area contributed by atoms with Crippen molar-refractivity contribution in [2.45, 2.75) is 64.4 Å². The maximum Gasteiger partial charge on any atom is 0.407 e. The number of nitrogens with one attached hydrogen (secondary N) is 1. The lowest BCUT2D eigenvalue weighted by Crippen LogP contribution is -2.47. The van der Waals surface area contributed by atoms with Crippen LogP contribution in [0.2, 0.25) is 4.34 Å². The molecule has 4 heterocycles. The molecule has 1 saturated heterocycles. The number of alkyl carbamates (subject to hydrolysis) is 1. The van der Waals surface area contributed by atoms with Crippen LogP contribution in [0.4, 0.5) is 9.18 Å². The number of ether oxygens (including phenoxy) is 1. The van der Waals surface area contributed by atoms with Gasteiger partial charge in [0.25, 0.3) is 5.56 Å². The standard InChI is InChI=1S/C35H38ClFN6O4S/c1-34(2,3)47-33(45)38-18-22-5-7-23(8-6-22)31-29-30(40-41(31)4)32(44)43(21-39-29)20-35(46)13-15-42(16-14-35)19-25-10-9-24(17-26(25)37)27-11-12-28(36)48-27/h5-12,17,21,46H,13-16,18-20H2,1-4H3,(H,38,45). The van der Waals surface area contributed by atoms with Crippen molar-refractivity contribution in [3.63, 3.8) is 0 Å². The van der Waals surface area contributed by atoms with Gasteiger partial charge in [-0.05, 0) is 62.9 Å². The van der Waals surface area contributed by atoms with E-state index in [2.05, 4.69) is 20.3 Å². The van der Waals surface area contributed by atoms with E-state index in [9.17, 15) is 19.1 Å². The maximum atomic E-state index is 15.0. The van der Waals surface area contributed by atoms with Crippen LogP contribution in [0.1, 0.15) is 44.7 Å². The number of thiophene rings is 1. The van der Waals surface area contributed by atoms with Gasteiger partial charge in [0.15, 0.2) is 5.52 Å². The minimum absolute atomic E-state index is 0.0836. The summed E-state index contributed by atoms with van der Waals surface area (Å²) in [6.45, 7) is 7.36. The zero-order chi connectivity index (χ0) is 34.2. The second-order valence-corrected chi connectivity index (χ2v) is 15.0. The average molecular weight is 693 g/mol. The molecule has 48 heavy (non-hydrogen) atoms. The predicted octanol–water partition coefficient (Wildman–Crippen LogP) is 6.37. The highest BCUT2D eigenvalue weighted by molar-refractivity contribution is 7.19. The SMILES string of the molecule is Cn1nc2c(=O)n(CC3(O)CCN(Cc4ccc(-c5ccc(Cl)s5)cc4F)CC3)cnc2c1-c1ccc(CNC(=O)OC(C)(C)C)cc1. The third kappa shape index (κ3) is 7.62. The summed E-state index contributed by atoms with van der Waals surface area (Å²) in [7, 11) is 1.76. The number of likely N-dealkylation sites (tertiary alicyclic amines) is 1. The molecule has 1 aliphatic heterocycles. The van der Waals surface area contributed by atoms with Crippen LogP contribution in [0.5, 0.6) is 0 Å². The topological polar surface area (TPSA) is 115 Å². The number of benzene rings is 2. The van der Waals surface area contributed by atoms with Crippen molar-refractivity contribution < 1.29 is 19.0 Å². The van der Waals surface area contributed by atoms with Crippen LogP contribution >= 0.6 is 22.9 Å². The molecule has 10 nitrogen and oxygen atoms in total. The van der Waals surface area contributed by atoms with Gasteiger partial charge < -0.3 is 15.2 Å². The lowest BCUT2D eigenvalue weighted by atomic mass is 9.91. The van der Waals surface area contributed by atoms with Gasteiger partial charge in [0, 0.05) is 49.2 Å². The Labute approximate surface area is 286 Å². The van der Waals surface area contributed by atoms with Gasteiger partial charge in [0.1, 0.15) is 16.9 Å². The number of carbonyl (C=O) groups is 1. The van der Waals surface area contributed by atoms with Crippen molar-refractivity contribution in [3.8, 4) is 21.7 Å². The van der Waals surface area contributed by atoms with Gasteiger partial charge in [-0.2, -0.15) is 5.10 Å². The van der Waals surface area contributed by atoms with Crippen LogP contribution in [-0.2, 0) is 31.4 Å². The van der Waals surface area contributed by atoms with Gasteiger partial charge >= 0.3 is 6.09 Å². The number of amides is 1. The third-order valence-corrected chi connectivity index (χ3v) is 9.71. The molecule has 0 radical (unpaired) electrons. The fourth-order valence-corrected chi connectivity index (χ4v) is 6.98. The Kier molecular flexibility index (Phi) is 9.45. The fraction of sp³-hybridized carbons (Fsp3) is 0.371. The Morgan fingerprint density at radius 2 is 1.79 bits per heavy atom. The highest BCUT2D eigenvalue weighted by Crippen LogP contribution is 2.33. The highest BCUT2D eigenvalue weighted by Gasteiger charge is 2.34. The molecule has 0 bridgehead atoms. The Bertz CT molecular complexity index is 2010. The van der Waals surface area contributed by atoms with Gasteiger partial charge in [-0.25, -0.2) is 14.2 Å². The van der Waals surface area contributed by atoms with E-state index in [0.29, 0.717) is 60.1 Å². The van der Waals surface area contributed by atoms with Crippen molar-refractivity contribution in [3.05, 3.63) is 92.6 Å². The molecule has 5 aromatic rings. The average Bonchev–Trinajstić information content (AvgIpc) is 3.62.